The van der Waals surface area contributed by atoms with Gasteiger partial charge in [-0.15, -0.1) is 0 Å². The monoisotopic (exact) mass is 244 g/mol. The van der Waals surface area contributed by atoms with Crippen LogP contribution in [0.3, 0.4) is 0 Å². The molecule has 0 saturated heterocycles. The Bertz CT molecular complexity index is 442. The number of nitrogens with zero attached hydrogens (tertiary/aromatic N) is 1. The van der Waals surface area contributed by atoms with Crippen molar-refractivity contribution in [3.8, 4) is 0 Å². The van der Waals surface area contributed by atoms with Crippen molar-refractivity contribution in [2.75, 3.05) is 0 Å². The molecule has 0 aliphatic heterocycles. The molecule has 1 aromatic rings. The van der Waals surface area contributed by atoms with E-state index in [1.807, 2.05) is 6.20 Å². The lowest BCUT2D eigenvalue weighted by Crippen LogP contribution is -2.53. The van der Waals surface area contributed by atoms with Crippen LogP contribution in [0.15, 0.2) is 18.3 Å². The minimum atomic E-state index is -0.0217. The van der Waals surface area contributed by atoms with Gasteiger partial charge in [-0.2, -0.15) is 0 Å². The average molecular weight is 244 g/mol. The third-order valence-electron chi connectivity index (χ3n) is 5.35. The SMILES string of the molecule is CC1CCC(N)(C2CCc3cccnc32)C(C)C1. The number of aromatic nitrogens is 1. The maximum Gasteiger partial charge on any atom is 0.0484 e. The fourth-order valence-corrected chi connectivity index (χ4v) is 4.14. The summed E-state index contributed by atoms with van der Waals surface area (Å²) in [6, 6.07) is 4.28. The van der Waals surface area contributed by atoms with Crippen LogP contribution in [-0.4, -0.2) is 10.5 Å². The summed E-state index contributed by atoms with van der Waals surface area (Å²) in [6.07, 6.45) is 8.00. The number of hydrogen-bond acceptors (Lipinski definition) is 2. The predicted octanol–water partition coefficient (Wildman–Crippen LogP) is 3.27. The number of hydrogen-bond donors (Lipinski definition) is 1. The lowest BCUT2D eigenvalue weighted by atomic mass is 9.64. The second-order valence-electron chi connectivity index (χ2n) is 6.53. The van der Waals surface area contributed by atoms with Crippen LogP contribution in [-0.2, 0) is 6.42 Å². The maximum atomic E-state index is 6.84. The summed E-state index contributed by atoms with van der Waals surface area (Å²) in [6.45, 7) is 4.70. The van der Waals surface area contributed by atoms with E-state index in [1.165, 1.54) is 30.5 Å². The van der Waals surface area contributed by atoms with Gasteiger partial charge in [0, 0.05) is 23.3 Å². The zero-order chi connectivity index (χ0) is 12.8. The highest BCUT2D eigenvalue weighted by Crippen LogP contribution is 2.48. The first-order chi connectivity index (χ1) is 8.61. The molecule has 0 radical (unpaired) electrons. The van der Waals surface area contributed by atoms with Gasteiger partial charge in [-0.3, -0.25) is 4.98 Å². The minimum Gasteiger partial charge on any atom is -0.324 e. The van der Waals surface area contributed by atoms with Crippen LogP contribution in [0.1, 0.15) is 56.7 Å². The fourth-order valence-electron chi connectivity index (χ4n) is 4.14. The summed E-state index contributed by atoms with van der Waals surface area (Å²) >= 11 is 0. The predicted molar refractivity (Wildman–Crippen MR) is 74.4 cm³/mol. The number of pyridine rings is 1. The number of aryl methyl sites for hydroxylation is 1. The number of fused-ring (bicyclic) bond motifs is 1. The van der Waals surface area contributed by atoms with Crippen molar-refractivity contribution in [1.82, 2.24) is 4.98 Å². The fraction of sp³-hybridized carbons (Fsp3) is 0.688. The molecule has 98 valence electrons. The van der Waals surface area contributed by atoms with Crippen molar-refractivity contribution < 1.29 is 0 Å². The van der Waals surface area contributed by atoms with Gasteiger partial charge in [0.1, 0.15) is 0 Å². The van der Waals surface area contributed by atoms with Crippen molar-refractivity contribution in [2.45, 2.75) is 57.4 Å². The highest BCUT2D eigenvalue weighted by molar-refractivity contribution is 5.32. The first-order valence-corrected chi connectivity index (χ1v) is 7.34. The molecular formula is C16H24N2. The zero-order valence-corrected chi connectivity index (χ0v) is 11.5. The van der Waals surface area contributed by atoms with E-state index in [4.69, 9.17) is 5.73 Å². The van der Waals surface area contributed by atoms with Gasteiger partial charge in [-0.1, -0.05) is 19.9 Å². The van der Waals surface area contributed by atoms with E-state index in [9.17, 15) is 0 Å². The largest absolute Gasteiger partial charge is 0.324 e. The summed E-state index contributed by atoms with van der Waals surface area (Å²) in [5.74, 6) is 1.93. The second kappa shape index (κ2) is 4.34. The molecule has 2 aliphatic rings. The molecule has 4 unspecified atom stereocenters. The molecule has 4 atom stereocenters. The summed E-state index contributed by atoms with van der Waals surface area (Å²) in [5.41, 5.74) is 9.55. The molecule has 2 N–H and O–H groups in total. The molecule has 3 rings (SSSR count). The zero-order valence-electron chi connectivity index (χ0n) is 11.5. The Morgan fingerprint density at radius 1 is 1.33 bits per heavy atom. The first kappa shape index (κ1) is 12.2. The van der Waals surface area contributed by atoms with E-state index in [2.05, 4.69) is 31.0 Å². The first-order valence-electron chi connectivity index (χ1n) is 7.34. The smallest absolute Gasteiger partial charge is 0.0484 e. The van der Waals surface area contributed by atoms with E-state index >= 15 is 0 Å². The van der Waals surface area contributed by atoms with Crippen LogP contribution in [0.25, 0.3) is 0 Å². The molecule has 0 spiro atoms. The highest BCUT2D eigenvalue weighted by Gasteiger charge is 2.46. The Morgan fingerprint density at radius 3 is 2.94 bits per heavy atom. The molecule has 2 aliphatic carbocycles. The van der Waals surface area contributed by atoms with Crippen molar-refractivity contribution in [3.63, 3.8) is 0 Å². The Hall–Kier alpha value is -0.890. The molecule has 1 aromatic heterocycles. The molecule has 18 heavy (non-hydrogen) atoms. The molecule has 0 amide bonds. The van der Waals surface area contributed by atoms with E-state index in [0.717, 1.165) is 18.8 Å². The van der Waals surface area contributed by atoms with Gasteiger partial charge in [0.05, 0.1) is 0 Å². The van der Waals surface area contributed by atoms with Crippen LogP contribution in [0.4, 0.5) is 0 Å². The van der Waals surface area contributed by atoms with E-state index in [1.54, 1.807) is 0 Å². The summed E-state index contributed by atoms with van der Waals surface area (Å²) in [4.78, 5) is 4.63. The molecule has 2 nitrogen and oxygen atoms in total. The van der Waals surface area contributed by atoms with E-state index in [-0.39, 0.29) is 5.54 Å². The lowest BCUT2D eigenvalue weighted by Gasteiger charge is -2.46. The van der Waals surface area contributed by atoms with Crippen LogP contribution in [0.2, 0.25) is 0 Å². The number of nitrogens with two attached hydrogens (primary N) is 1. The molecule has 2 heteroatoms. The minimum absolute atomic E-state index is 0.0217. The van der Waals surface area contributed by atoms with Gasteiger partial charge < -0.3 is 5.73 Å². The second-order valence-corrected chi connectivity index (χ2v) is 6.53. The molecule has 1 fully saturated rings. The van der Waals surface area contributed by atoms with Gasteiger partial charge in [-0.25, -0.2) is 0 Å². The molecule has 0 bridgehead atoms. The van der Waals surface area contributed by atoms with Gasteiger partial charge in [0.15, 0.2) is 0 Å². The van der Waals surface area contributed by atoms with Crippen molar-refractivity contribution in [2.24, 2.45) is 17.6 Å². The topological polar surface area (TPSA) is 38.9 Å². The Balaban J connectivity index is 1.91. The van der Waals surface area contributed by atoms with Gasteiger partial charge in [-0.05, 0) is 55.6 Å². The standard InChI is InChI=1S/C16H24N2/c1-11-7-8-16(17,12(2)10-11)14-6-5-13-4-3-9-18-15(13)14/h3-4,9,11-12,14H,5-8,10,17H2,1-2H3. The van der Waals surface area contributed by atoms with Crippen molar-refractivity contribution in [3.05, 3.63) is 29.6 Å². The summed E-state index contributed by atoms with van der Waals surface area (Å²) in [5, 5.41) is 0. The Morgan fingerprint density at radius 2 is 2.17 bits per heavy atom. The quantitative estimate of drug-likeness (QED) is 0.823. The van der Waals surface area contributed by atoms with Gasteiger partial charge in [0.25, 0.3) is 0 Å². The molecule has 1 saturated carbocycles. The molecule has 1 heterocycles. The van der Waals surface area contributed by atoms with Gasteiger partial charge in [0.2, 0.25) is 0 Å². The molecule has 0 aromatic carbocycles. The van der Waals surface area contributed by atoms with Gasteiger partial charge >= 0.3 is 0 Å². The van der Waals surface area contributed by atoms with Crippen LogP contribution >= 0.6 is 0 Å². The third-order valence-corrected chi connectivity index (χ3v) is 5.35. The number of rotatable bonds is 1. The maximum absolute atomic E-state index is 6.84. The lowest BCUT2D eigenvalue weighted by molar-refractivity contribution is 0.132. The van der Waals surface area contributed by atoms with E-state index < -0.39 is 0 Å². The van der Waals surface area contributed by atoms with E-state index in [0.29, 0.717) is 11.8 Å². The van der Waals surface area contributed by atoms with Crippen molar-refractivity contribution >= 4 is 0 Å². The normalized spacial score (nSPS) is 39.6. The summed E-state index contributed by atoms with van der Waals surface area (Å²) < 4.78 is 0. The van der Waals surface area contributed by atoms with Crippen LogP contribution in [0, 0.1) is 11.8 Å². The average Bonchev–Trinajstić information content (AvgIpc) is 2.79. The van der Waals surface area contributed by atoms with Crippen molar-refractivity contribution in [1.29, 1.82) is 0 Å². The Labute approximate surface area is 110 Å². The third kappa shape index (κ3) is 1.78. The highest BCUT2D eigenvalue weighted by atomic mass is 14.8. The molecular weight excluding hydrogens is 220 g/mol. The van der Waals surface area contributed by atoms with Crippen LogP contribution in [0.5, 0.6) is 0 Å². The summed E-state index contributed by atoms with van der Waals surface area (Å²) in [7, 11) is 0. The Kier molecular flexibility index (Phi) is 2.93. The van der Waals surface area contributed by atoms with Crippen LogP contribution < -0.4 is 5.73 Å².